The molecule has 4 rings (SSSR count). The van der Waals surface area contributed by atoms with Gasteiger partial charge in [-0.3, -0.25) is 9.69 Å². The van der Waals surface area contributed by atoms with E-state index >= 15 is 0 Å². The van der Waals surface area contributed by atoms with Crippen LogP contribution in [0, 0.1) is 0 Å². The molecule has 0 saturated heterocycles. The topological polar surface area (TPSA) is 98.1 Å². The molecule has 6 heteroatoms. The number of carboxylic acid groups (broad SMARTS) is 1. The summed E-state index contributed by atoms with van der Waals surface area (Å²) in [4.78, 5) is 25.1. The van der Waals surface area contributed by atoms with Gasteiger partial charge in [-0.05, 0) is 23.6 Å². The number of carbonyl (C=O) groups excluding carboxylic acids is 1. The molecule has 3 N–H and O–H groups in total. The minimum atomic E-state index is -1.27. The predicted octanol–water partition coefficient (Wildman–Crippen LogP) is 2.89. The van der Waals surface area contributed by atoms with Crippen LogP contribution < -0.4 is 4.90 Å². The van der Waals surface area contributed by atoms with Crippen LogP contribution in [0.25, 0.3) is 10.8 Å². The molecular weight excluding hydrogens is 322 g/mol. The highest BCUT2D eigenvalue weighted by Gasteiger charge is 2.34. The van der Waals surface area contributed by atoms with E-state index in [4.69, 9.17) is 5.11 Å². The highest BCUT2D eigenvalue weighted by molar-refractivity contribution is 6.17. The van der Waals surface area contributed by atoms with Gasteiger partial charge in [-0.15, -0.1) is 0 Å². The van der Waals surface area contributed by atoms with Crippen molar-refractivity contribution in [3.05, 3.63) is 71.3 Å². The van der Waals surface area contributed by atoms with E-state index in [0.29, 0.717) is 16.5 Å². The van der Waals surface area contributed by atoms with E-state index < -0.39 is 23.9 Å². The molecule has 0 fully saturated rings. The molecule has 3 aromatic rings. The zero-order chi connectivity index (χ0) is 17.7. The van der Waals surface area contributed by atoms with Crippen molar-refractivity contribution in [2.75, 3.05) is 4.90 Å². The second-order valence-corrected chi connectivity index (χ2v) is 5.81. The summed E-state index contributed by atoms with van der Waals surface area (Å²) in [5, 5.41) is 31.2. The number of aliphatic hydroxyl groups excluding tert-OH is 1. The van der Waals surface area contributed by atoms with E-state index in [-0.39, 0.29) is 11.3 Å². The molecule has 1 amide bonds. The summed E-state index contributed by atoms with van der Waals surface area (Å²) in [6, 6.07) is 14.5. The number of amides is 1. The lowest BCUT2D eigenvalue weighted by Gasteiger charge is -2.33. The molecule has 1 aliphatic rings. The van der Waals surface area contributed by atoms with Crippen LogP contribution in [0.15, 0.2) is 54.6 Å². The normalized spacial score (nSPS) is 16.3. The fourth-order valence-electron chi connectivity index (χ4n) is 3.25. The van der Waals surface area contributed by atoms with Gasteiger partial charge in [0.15, 0.2) is 6.23 Å². The Hall–Kier alpha value is -3.38. The first-order chi connectivity index (χ1) is 12.0. The molecule has 0 aromatic heterocycles. The minimum Gasteiger partial charge on any atom is -0.507 e. The molecule has 0 saturated carbocycles. The third-order valence-electron chi connectivity index (χ3n) is 4.40. The fraction of sp³-hybridized carbons (Fsp3) is 0.0526. The number of nitrogens with zero attached hydrogens (tertiary/aromatic N) is 1. The predicted molar refractivity (Wildman–Crippen MR) is 90.8 cm³/mol. The zero-order valence-electron chi connectivity index (χ0n) is 12.9. The van der Waals surface area contributed by atoms with Crippen molar-refractivity contribution in [3.63, 3.8) is 0 Å². The summed E-state index contributed by atoms with van der Waals surface area (Å²) in [5.41, 5.74) is 0.964. The number of hydrogen-bond acceptors (Lipinski definition) is 4. The average molecular weight is 335 g/mol. The Kier molecular flexibility index (Phi) is 3.23. The Morgan fingerprint density at radius 3 is 2.44 bits per heavy atom. The van der Waals surface area contributed by atoms with Gasteiger partial charge in [0.2, 0.25) is 0 Å². The highest BCUT2D eigenvalue weighted by atomic mass is 16.4. The van der Waals surface area contributed by atoms with E-state index in [1.54, 1.807) is 24.3 Å². The molecule has 0 bridgehead atoms. The maximum Gasteiger partial charge on any atom is 0.339 e. The number of phenols is 1. The first-order valence-electron chi connectivity index (χ1n) is 7.58. The summed E-state index contributed by atoms with van der Waals surface area (Å²) in [6.07, 6.45) is -1.24. The van der Waals surface area contributed by atoms with Crippen molar-refractivity contribution in [1.29, 1.82) is 0 Å². The molecule has 1 heterocycles. The van der Waals surface area contributed by atoms with Crippen molar-refractivity contribution in [3.8, 4) is 5.75 Å². The molecule has 1 atom stereocenters. The number of hydrogen-bond donors (Lipinski definition) is 3. The van der Waals surface area contributed by atoms with Crippen LogP contribution in [-0.4, -0.2) is 27.2 Å². The lowest BCUT2D eigenvalue weighted by Crippen LogP contribution is -2.38. The third kappa shape index (κ3) is 2.15. The van der Waals surface area contributed by atoms with E-state index in [2.05, 4.69) is 0 Å². The minimum absolute atomic E-state index is 0.214. The number of anilines is 1. The van der Waals surface area contributed by atoms with Gasteiger partial charge in [0.05, 0.1) is 5.69 Å². The van der Waals surface area contributed by atoms with Crippen molar-refractivity contribution < 1.29 is 24.9 Å². The third-order valence-corrected chi connectivity index (χ3v) is 4.40. The van der Waals surface area contributed by atoms with E-state index in [0.717, 1.165) is 10.3 Å². The summed E-state index contributed by atoms with van der Waals surface area (Å²) < 4.78 is 0. The standard InChI is InChI=1S/C19H13NO5/c21-15-9-11(7-8-12(15)19(24)25)20-17(22)13-5-1-3-10-4-2-6-14(16(10)13)18(20)23/h1-9,17,21-22H,(H,24,25). The second kappa shape index (κ2) is 5.32. The molecule has 1 aliphatic heterocycles. The van der Waals surface area contributed by atoms with E-state index in [1.807, 2.05) is 12.1 Å². The van der Waals surface area contributed by atoms with Gasteiger partial charge in [-0.1, -0.05) is 30.3 Å². The summed E-state index contributed by atoms with van der Waals surface area (Å²) in [6.45, 7) is 0. The number of carboxylic acids is 1. The Morgan fingerprint density at radius 2 is 1.76 bits per heavy atom. The molecule has 25 heavy (non-hydrogen) atoms. The number of aromatic carboxylic acids is 1. The summed E-state index contributed by atoms with van der Waals surface area (Å²) in [5.74, 6) is -2.16. The number of rotatable bonds is 2. The first-order valence-corrected chi connectivity index (χ1v) is 7.58. The van der Waals surface area contributed by atoms with Gasteiger partial charge in [0.1, 0.15) is 11.3 Å². The Bertz CT molecular complexity index is 1040. The molecule has 0 spiro atoms. The van der Waals surface area contributed by atoms with Crippen molar-refractivity contribution >= 4 is 28.3 Å². The molecule has 3 aromatic carbocycles. The fourth-order valence-corrected chi connectivity index (χ4v) is 3.25. The maximum atomic E-state index is 12.9. The van der Waals surface area contributed by atoms with Crippen LogP contribution in [0.1, 0.15) is 32.5 Å². The first kappa shape index (κ1) is 15.2. The lowest BCUT2D eigenvalue weighted by molar-refractivity contribution is 0.0693. The van der Waals surface area contributed by atoms with Crippen LogP contribution in [0.3, 0.4) is 0 Å². The van der Waals surface area contributed by atoms with Gasteiger partial charge in [0, 0.05) is 22.6 Å². The summed E-state index contributed by atoms with van der Waals surface area (Å²) >= 11 is 0. The number of benzene rings is 3. The highest BCUT2D eigenvalue weighted by Crippen LogP contribution is 2.39. The molecule has 0 aliphatic carbocycles. The smallest absolute Gasteiger partial charge is 0.339 e. The Labute approximate surface area is 142 Å². The Balaban J connectivity index is 1.89. The lowest BCUT2D eigenvalue weighted by atomic mass is 9.93. The average Bonchev–Trinajstić information content (AvgIpc) is 2.59. The largest absolute Gasteiger partial charge is 0.507 e. The van der Waals surface area contributed by atoms with E-state index in [9.17, 15) is 19.8 Å². The Morgan fingerprint density at radius 1 is 1.04 bits per heavy atom. The molecule has 124 valence electrons. The van der Waals surface area contributed by atoms with Crippen LogP contribution >= 0.6 is 0 Å². The van der Waals surface area contributed by atoms with Crippen molar-refractivity contribution in [2.45, 2.75) is 6.23 Å². The summed E-state index contributed by atoms with van der Waals surface area (Å²) in [7, 11) is 0. The molecule has 0 radical (unpaired) electrons. The number of aromatic hydroxyl groups is 1. The van der Waals surface area contributed by atoms with Crippen LogP contribution in [0.4, 0.5) is 5.69 Å². The van der Waals surface area contributed by atoms with Gasteiger partial charge in [-0.2, -0.15) is 0 Å². The van der Waals surface area contributed by atoms with Crippen molar-refractivity contribution in [1.82, 2.24) is 0 Å². The SMILES string of the molecule is O=C(O)c1ccc(N2C(=O)c3cccc4cccc(c34)C2O)cc1O. The van der Waals surface area contributed by atoms with Gasteiger partial charge in [-0.25, -0.2) is 4.79 Å². The maximum absolute atomic E-state index is 12.9. The van der Waals surface area contributed by atoms with E-state index in [1.165, 1.54) is 18.2 Å². The van der Waals surface area contributed by atoms with Crippen LogP contribution in [0.2, 0.25) is 0 Å². The number of aliphatic hydroxyl groups is 1. The van der Waals surface area contributed by atoms with Crippen molar-refractivity contribution in [2.24, 2.45) is 0 Å². The van der Waals surface area contributed by atoms with Gasteiger partial charge < -0.3 is 15.3 Å². The monoisotopic (exact) mass is 335 g/mol. The molecular formula is C19H13NO5. The zero-order valence-corrected chi connectivity index (χ0v) is 12.9. The quantitative estimate of drug-likeness (QED) is 0.669. The van der Waals surface area contributed by atoms with Gasteiger partial charge >= 0.3 is 5.97 Å². The van der Waals surface area contributed by atoms with Crippen LogP contribution in [0.5, 0.6) is 5.75 Å². The molecule has 6 nitrogen and oxygen atoms in total. The van der Waals surface area contributed by atoms with Crippen LogP contribution in [-0.2, 0) is 0 Å². The van der Waals surface area contributed by atoms with Gasteiger partial charge in [0.25, 0.3) is 5.91 Å². The number of carbonyl (C=O) groups is 2. The molecule has 1 unspecified atom stereocenters. The second-order valence-electron chi connectivity index (χ2n) is 5.81.